The van der Waals surface area contributed by atoms with E-state index in [0.717, 1.165) is 34.9 Å². The van der Waals surface area contributed by atoms with Gasteiger partial charge >= 0.3 is 0 Å². The zero-order valence-corrected chi connectivity index (χ0v) is 12.0. The van der Waals surface area contributed by atoms with Crippen LogP contribution in [0.4, 0.5) is 11.6 Å². The summed E-state index contributed by atoms with van der Waals surface area (Å²) in [6.45, 7) is 5.69. The second-order valence-electron chi connectivity index (χ2n) is 3.85. The van der Waals surface area contributed by atoms with Crippen LogP contribution in [-0.4, -0.2) is 21.3 Å². The third kappa shape index (κ3) is 2.33. The average molecular weight is 310 g/mol. The summed E-state index contributed by atoms with van der Waals surface area (Å²) < 4.78 is 2.97. The monoisotopic (exact) mass is 309 g/mol. The van der Waals surface area contributed by atoms with Crippen LogP contribution >= 0.6 is 15.9 Å². The number of aromatic nitrogens is 3. The fourth-order valence-corrected chi connectivity index (χ4v) is 2.21. The van der Waals surface area contributed by atoms with E-state index in [1.807, 2.05) is 29.7 Å². The van der Waals surface area contributed by atoms with Crippen molar-refractivity contribution in [1.29, 1.82) is 0 Å². The van der Waals surface area contributed by atoms with Crippen molar-refractivity contribution in [2.45, 2.75) is 20.4 Å². The van der Waals surface area contributed by atoms with E-state index in [1.54, 1.807) is 0 Å². The quantitative estimate of drug-likeness (QED) is 0.852. The number of benzene rings is 1. The van der Waals surface area contributed by atoms with Crippen molar-refractivity contribution in [2.24, 2.45) is 0 Å². The predicted molar refractivity (Wildman–Crippen MR) is 77.4 cm³/mol. The Balaban J connectivity index is 2.50. The maximum Gasteiger partial charge on any atom is 0.224 e. The third-order valence-electron chi connectivity index (χ3n) is 2.66. The molecule has 5 nitrogen and oxygen atoms in total. The molecular formula is C12H16BrN5. The Bertz CT molecular complexity index is 549. The zero-order chi connectivity index (χ0) is 13.1. The fourth-order valence-electron chi connectivity index (χ4n) is 1.83. The Morgan fingerprint density at radius 3 is 2.72 bits per heavy atom. The van der Waals surface area contributed by atoms with Gasteiger partial charge in [0.1, 0.15) is 0 Å². The van der Waals surface area contributed by atoms with Crippen molar-refractivity contribution in [3.05, 3.63) is 22.7 Å². The van der Waals surface area contributed by atoms with Crippen LogP contribution in [0, 0.1) is 0 Å². The molecule has 0 aliphatic carbocycles. The van der Waals surface area contributed by atoms with Crippen molar-refractivity contribution in [3.8, 4) is 11.4 Å². The van der Waals surface area contributed by atoms with E-state index >= 15 is 0 Å². The van der Waals surface area contributed by atoms with Crippen molar-refractivity contribution in [1.82, 2.24) is 14.8 Å². The summed E-state index contributed by atoms with van der Waals surface area (Å²) in [5.41, 5.74) is 7.62. The van der Waals surface area contributed by atoms with Gasteiger partial charge in [-0.2, -0.15) is 0 Å². The molecule has 2 aromatic rings. The van der Waals surface area contributed by atoms with Crippen molar-refractivity contribution < 1.29 is 0 Å². The lowest BCUT2D eigenvalue weighted by molar-refractivity contribution is 0.770. The van der Waals surface area contributed by atoms with E-state index in [2.05, 4.69) is 38.4 Å². The number of nitrogens with one attached hydrogen (secondary N) is 1. The molecule has 0 radical (unpaired) electrons. The molecule has 0 aliphatic heterocycles. The summed E-state index contributed by atoms with van der Waals surface area (Å²) in [4.78, 5) is 0. The maximum atomic E-state index is 6.03. The molecule has 0 fully saturated rings. The number of hydrogen-bond donors (Lipinski definition) is 2. The van der Waals surface area contributed by atoms with Gasteiger partial charge < -0.3 is 11.1 Å². The smallest absolute Gasteiger partial charge is 0.224 e. The lowest BCUT2D eigenvalue weighted by Crippen LogP contribution is -2.07. The third-order valence-corrected chi connectivity index (χ3v) is 3.15. The first-order valence-corrected chi connectivity index (χ1v) is 6.69. The molecular weight excluding hydrogens is 294 g/mol. The van der Waals surface area contributed by atoms with Gasteiger partial charge in [-0.25, -0.2) is 0 Å². The van der Waals surface area contributed by atoms with Gasteiger partial charge in [0.25, 0.3) is 0 Å². The van der Waals surface area contributed by atoms with E-state index in [0.29, 0.717) is 5.69 Å². The molecule has 0 saturated heterocycles. The lowest BCUT2D eigenvalue weighted by Gasteiger charge is -2.09. The normalized spacial score (nSPS) is 10.6. The number of nitrogens with two attached hydrogens (primary N) is 1. The molecule has 1 aromatic carbocycles. The molecule has 6 heteroatoms. The number of nitrogens with zero attached hydrogens (tertiary/aromatic N) is 3. The molecule has 1 heterocycles. The highest BCUT2D eigenvalue weighted by atomic mass is 79.9. The molecule has 0 atom stereocenters. The highest BCUT2D eigenvalue weighted by molar-refractivity contribution is 9.10. The maximum absolute atomic E-state index is 6.03. The zero-order valence-electron chi connectivity index (χ0n) is 10.4. The minimum absolute atomic E-state index is 0.689. The summed E-state index contributed by atoms with van der Waals surface area (Å²) in [6.07, 6.45) is 0. The van der Waals surface area contributed by atoms with E-state index in [-0.39, 0.29) is 0 Å². The topological polar surface area (TPSA) is 68.8 Å². The van der Waals surface area contributed by atoms with Gasteiger partial charge in [0, 0.05) is 28.8 Å². The Labute approximate surface area is 115 Å². The molecule has 3 N–H and O–H groups in total. The minimum Gasteiger partial charge on any atom is -0.398 e. The van der Waals surface area contributed by atoms with Crippen molar-refractivity contribution in [2.75, 3.05) is 17.6 Å². The number of hydrogen-bond acceptors (Lipinski definition) is 4. The molecule has 96 valence electrons. The largest absolute Gasteiger partial charge is 0.398 e. The van der Waals surface area contributed by atoms with Crippen LogP contribution < -0.4 is 11.1 Å². The number of rotatable bonds is 4. The second-order valence-corrected chi connectivity index (χ2v) is 4.77. The van der Waals surface area contributed by atoms with Crippen LogP contribution in [0.5, 0.6) is 0 Å². The molecule has 0 bridgehead atoms. The fraction of sp³-hybridized carbons (Fsp3) is 0.333. The Hall–Kier alpha value is -1.56. The van der Waals surface area contributed by atoms with Crippen LogP contribution in [0.3, 0.4) is 0 Å². The Morgan fingerprint density at radius 2 is 2.11 bits per heavy atom. The van der Waals surface area contributed by atoms with Crippen LogP contribution in [0.2, 0.25) is 0 Å². The number of anilines is 2. The highest BCUT2D eigenvalue weighted by Crippen LogP contribution is 2.28. The van der Waals surface area contributed by atoms with E-state index < -0.39 is 0 Å². The standard InChI is InChI=1S/C12H16BrN5/c1-3-15-12-17-16-11(18(12)4-2)9-6-5-8(13)7-10(9)14/h5-7H,3-4,14H2,1-2H3,(H,15,17). The molecule has 0 spiro atoms. The van der Waals surface area contributed by atoms with Crippen LogP contribution in [-0.2, 0) is 6.54 Å². The van der Waals surface area contributed by atoms with Gasteiger partial charge in [-0.3, -0.25) is 4.57 Å². The van der Waals surface area contributed by atoms with Gasteiger partial charge in [0.2, 0.25) is 5.95 Å². The first-order chi connectivity index (χ1) is 8.67. The van der Waals surface area contributed by atoms with Crippen molar-refractivity contribution >= 4 is 27.6 Å². The lowest BCUT2D eigenvalue weighted by atomic mass is 10.1. The van der Waals surface area contributed by atoms with Gasteiger partial charge in [-0.1, -0.05) is 15.9 Å². The molecule has 2 rings (SSSR count). The van der Waals surface area contributed by atoms with E-state index in [9.17, 15) is 0 Å². The summed E-state index contributed by atoms with van der Waals surface area (Å²) in [5.74, 6) is 1.57. The van der Waals surface area contributed by atoms with Gasteiger partial charge in [-0.15, -0.1) is 10.2 Å². The molecule has 0 unspecified atom stereocenters. The molecule has 18 heavy (non-hydrogen) atoms. The number of halogens is 1. The first kappa shape index (κ1) is 12.9. The minimum atomic E-state index is 0.689. The summed E-state index contributed by atoms with van der Waals surface area (Å²) in [6, 6.07) is 5.77. The first-order valence-electron chi connectivity index (χ1n) is 5.89. The Morgan fingerprint density at radius 1 is 1.33 bits per heavy atom. The second kappa shape index (κ2) is 5.39. The van der Waals surface area contributed by atoms with E-state index in [4.69, 9.17) is 5.73 Å². The van der Waals surface area contributed by atoms with Crippen molar-refractivity contribution in [3.63, 3.8) is 0 Å². The summed E-state index contributed by atoms with van der Waals surface area (Å²) >= 11 is 3.40. The van der Waals surface area contributed by atoms with Crippen LogP contribution in [0.1, 0.15) is 13.8 Å². The average Bonchev–Trinajstić information content (AvgIpc) is 2.72. The SMILES string of the molecule is CCNc1nnc(-c2ccc(Br)cc2N)n1CC. The van der Waals surface area contributed by atoms with Crippen LogP contribution in [0.15, 0.2) is 22.7 Å². The highest BCUT2D eigenvalue weighted by Gasteiger charge is 2.14. The number of nitrogen functional groups attached to an aromatic ring is 1. The van der Waals surface area contributed by atoms with Gasteiger partial charge in [0.15, 0.2) is 5.82 Å². The molecule has 0 saturated carbocycles. The predicted octanol–water partition coefficient (Wildman–Crippen LogP) is 2.74. The summed E-state index contributed by atoms with van der Waals surface area (Å²) in [7, 11) is 0. The van der Waals surface area contributed by atoms with E-state index in [1.165, 1.54) is 0 Å². The Kier molecular flexibility index (Phi) is 3.86. The molecule has 0 amide bonds. The molecule has 0 aliphatic rings. The van der Waals surface area contributed by atoms with Crippen LogP contribution in [0.25, 0.3) is 11.4 Å². The van der Waals surface area contributed by atoms with Gasteiger partial charge in [0.05, 0.1) is 0 Å². The summed E-state index contributed by atoms with van der Waals surface area (Å²) in [5, 5.41) is 11.6. The molecule has 1 aromatic heterocycles. The van der Waals surface area contributed by atoms with Gasteiger partial charge in [-0.05, 0) is 32.0 Å².